The number of rotatable bonds is 7. The van der Waals surface area contributed by atoms with E-state index in [-0.39, 0.29) is 12.6 Å². The minimum Gasteiger partial charge on any atom is -0.394 e. The van der Waals surface area contributed by atoms with E-state index in [1.807, 2.05) is 36.4 Å². The Balaban J connectivity index is 1.44. The van der Waals surface area contributed by atoms with Crippen molar-refractivity contribution in [3.63, 3.8) is 0 Å². The molecule has 9 nitrogen and oxygen atoms in total. The Morgan fingerprint density at radius 1 is 1.14 bits per heavy atom. The van der Waals surface area contributed by atoms with Gasteiger partial charge in [-0.3, -0.25) is 10.2 Å². The molecular formula is C19H20N8O. The van der Waals surface area contributed by atoms with Crippen LogP contribution >= 0.6 is 0 Å². The van der Waals surface area contributed by atoms with Gasteiger partial charge in [0.25, 0.3) is 0 Å². The van der Waals surface area contributed by atoms with Gasteiger partial charge in [-0.2, -0.15) is 20.2 Å². The van der Waals surface area contributed by atoms with Crippen LogP contribution in [0.15, 0.2) is 42.6 Å². The SMILES string of the molecule is OC[C@H](Nc1nc(Nc2cc(C3CC3)[nH]n2)c2cn[nH]c2n1)c1ccccc1. The summed E-state index contributed by atoms with van der Waals surface area (Å²) in [6.07, 6.45) is 4.09. The molecule has 1 aromatic carbocycles. The molecule has 28 heavy (non-hydrogen) atoms. The molecule has 5 N–H and O–H groups in total. The molecule has 142 valence electrons. The molecule has 1 saturated carbocycles. The summed E-state index contributed by atoms with van der Waals surface area (Å²) in [5.41, 5.74) is 2.69. The third-order valence-corrected chi connectivity index (χ3v) is 4.86. The van der Waals surface area contributed by atoms with Crippen LogP contribution in [0.3, 0.4) is 0 Å². The lowest BCUT2D eigenvalue weighted by Gasteiger charge is -2.17. The summed E-state index contributed by atoms with van der Waals surface area (Å²) in [6.45, 7) is -0.0821. The minimum atomic E-state index is -0.318. The summed E-state index contributed by atoms with van der Waals surface area (Å²) >= 11 is 0. The first-order valence-corrected chi connectivity index (χ1v) is 9.26. The third kappa shape index (κ3) is 3.27. The lowest BCUT2D eigenvalue weighted by molar-refractivity contribution is 0.276. The first kappa shape index (κ1) is 16.7. The fourth-order valence-electron chi connectivity index (χ4n) is 3.20. The summed E-state index contributed by atoms with van der Waals surface area (Å²) in [7, 11) is 0. The molecule has 4 aromatic rings. The zero-order valence-electron chi connectivity index (χ0n) is 15.1. The average Bonchev–Trinajstić information content (AvgIpc) is 3.28. The van der Waals surface area contributed by atoms with Crippen LogP contribution in [0, 0.1) is 0 Å². The number of hydrogen-bond acceptors (Lipinski definition) is 7. The molecule has 0 amide bonds. The molecule has 0 unspecified atom stereocenters. The van der Waals surface area contributed by atoms with E-state index in [9.17, 15) is 5.11 Å². The van der Waals surface area contributed by atoms with Gasteiger partial charge in [0.05, 0.1) is 24.2 Å². The number of aliphatic hydroxyl groups is 1. The number of benzene rings is 1. The van der Waals surface area contributed by atoms with Gasteiger partial charge >= 0.3 is 0 Å². The van der Waals surface area contributed by atoms with Crippen molar-refractivity contribution in [2.45, 2.75) is 24.8 Å². The molecule has 0 spiro atoms. The van der Waals surface area contributed by atoms with Gasteiger partial charge < -0.3 is 15.7 Å². The number of fused-ring (bicyclic) bond motifs is 1. The second-order valence-electron chi connectivity index (χ2n) is 6.93. The standard InChI is InChI=1S/C19H20N8O/c28-10-15(11-4-2-1-3-5-11)21-19-23-17(13-9-20-27-18(13)24-19)22-16-8-14(25-26-16)12-6-7-12/h1-5,8-9,12,15,28H,6-7,10H2,(H4,20,21,22,23,24,25,26,27)/t15-/m0/s1. The number of H-pyrrole nitrogens is 2. The van der Waals surface area contributed by atoms with Crippen LogP contribution < -0.4 is 10.6 Å². The van der Waals surface area contributed by atoms with Crippen molar-refractivity contribution in [3.8, 4) is 0 Å². The van der Waals surface area contributed by atoms with Crippen molar-refractivity contribution in [1.82, 2.24) is 30.4 Å². The van der Waals surface area contributed by atoms with E-state index in [4.69, 9.17) is 0 Å². The van der Waals surface area contributed by atoms with Crippen molar-refractivity contribution in [1.29, 1.82) is 0 Å². The zero-order valence-corrected chi connectivity index (χ0v) is 15.1. The van der Waals surface area contributed by atoms with Crippen LogP contribution in [0.2, 0.25) is 0 Å². The van der Waals surface area contributed by atoms with Crippen molar-refractivity contribution in [3.05, 3.63) is 53.9 Å². The molecule has 1 fully saturated rings. The summed E-state index contributed by atoms with van der Waals surface area (Å²) in [6, 6.07) is 11.4. The summed E-state index contributed by atoms with van der Waals surface area (Å²) in [5.74, 6) is 2.28. The third-order valence-electron chi connectivity index (χ3n) is 4.86. The molecule has 3 aromatic heterocycles. The number of anilines is 3. The molecule has 0 bridgehead atoms. The number of aromatic nitrogens is 6. The topological polar surface area (TPSA) is 127 Å². The first-order valence-electron chi connectivity index (χ1n) is 9.26. The zero-order chi connectivity index (χ0) is 18.9. The second-order valence-corrected chi connectivity index (χ2v) is 6.93. The Morgan fingerprint density at radius 2 is 2.00 bits per heavy atom. The molecule has 1 aliphatic carbocycles. The normalized spacial score (nSPS) is 14.9. The Hall–Kier alpha value is -3.46. The fraction of sp³-hybridized carbons (Fsp3) is 0.263. The molecule has 9 heteroatoms. The van der Waals surface area contributed by atoms with Crippen LogP contribution in [0.25, 0.3) is 11.0 Å². The lowest BCUT2D eigenvalue weighted by atomic mass is 10.1. The van der Waals surface area contributed by atoms with Crippen LogP contribution in [0.5, 0.6) is 0 Å². The fourth-order valence-corrected chi connectivity index (χ4v) is 3.20. The van der Waals surface area contributed by atoms with E-state index < -0.39 is 0 Å². The van der Waals surface area contributed by atoms with Gasteiger partial charge in [0, 0.05) is 17.7 Å². The number of hydrogen-bond donors (Lipinski definition) is 5. The van der Waals surface area contributed by atoms with Gasteiger partial charge in [-0.05, 0) is 18.4 Å². The highest BCUT2D eigenvalue weighted by Crippen LogP contribution is 2.39. The Morgan fingerprint density at radius 3 is 2.79 bits per heavy atom. The molecule has 1 aliphatic rings. The van der Waals surface area contributed by atoms with E-state index in [2.05, 4.69) is 41.0 Å². The molecular weight excluding hydrogens is 356 g/mol. The summed E-state index contributed by atoms with van der Waals surface area (Å²) in [5, 5.41) is 31.4. The van der Waals surface area contributed by atoms with Crippen LogP contribution in [0.1, 0.15) is 36.1 Å². The molecule has 5 rings (SSSR count). The maximum Gasteiger partial charge on any atom is 0.227 e. The van der Waals surface area contributed by atoms with Crippen molar-refractivity contribution in [2.75, 3.05) is 17.2 Å². The maximum absolute atomic E-state index is 9.81. The molecule has 0 radical (unpaired) electrons. The highest BCUT2D eigenvalue weighted by Gasteiger charge is 2.25. The highest BCUT2D eigenvalue weighted by atomic mass is 16.3. The summed E-state index contributed by atoms with van der Waals surface area (Å²) < 4.78 is 0. The van der Waals surface area contributed by atoms with E-state index in [0.717, 1.165) is 16.6 Å². The minimum absolute atomic E-state index is 0.0821. The van der Waals surface area contributed by atoms with Crippen molar-refractivity contribution < 1.29 is 5.11 Å². The molecule has 0 aliphatic heterocycles. The van der Waals surface area contributed by atoms with E-state index in [1.165, 1.54) is 12.8 Å². The maximum atomic E-state index is 9.81. The lowest BCUT2D eigenvalue weighted by Crippen LogP contribution is -2.17. The highest BCUT2D eigenvalue weighted by molar-refractivity contribution is 5.88. The van der Waals surface area contributed by atoms with Crippen molar-refractivity contribution >= 4 is 28.6 Å². The van der Waals surface area contributed by atoms with Gasteiger partial charge in [0.2, 0.25) is 5.95 Å². The molecule has 3 heterocycles. The van der Waals surface area contributed by atoms with E-state index in [1.54, 1.807) is 6.20 Å². The Kier molecular flexibility index (Phi) is 4.13. The van der Waals surface area contributed by atoms with E-state index >= 15 is 0 Å². The number of aliphatic hydroxyl groups excluding tert-OH is 1. The first-order chi connectivity index (χ1) is 13.8. The van der Waals surface area contributed by atoms with Gasteiger partial charge in [-0.25, -0.2) is 0 Å². The van der Waals surface area contributed by atoms with Gasteiger partial charge in [0.15, 0.2) is 11.5 Å². The van der Waals surface area contributed by atoms with Crippen LogP contribution in [-0.2, 0) is 0 Å². The monoisotopic (exact) mass is 376 g/mol. The number of aromatic amines is 2. The number of nitrogens with zero attached hydrogens (tertiary/aromatic N) is 4. The Bertz CT molecular complexity index is 1090. The molecule has 0 saturated heterocycles. The Labute approximate surface area is 160 Å². The largest absolute Gasteiger partial charge is 0.394 e. The van der Waals surface area contributed by atoms with Gasteiger partial charge in [0.1, 0.15) is 5.82 Å². The van der Waals surface area contributed by atoms with E-state index in [0.29, 0.717) is 29.1 Å². The quantitative estimate of drug-likeness (QED) is 0.335. The number of nitrogens with one attached hydrogen (secondary N) is 4. The smallest absolute Gasteiger partial charge is 0.227 e. The van der Waals surface area contributed by atoms with Crippen LogP contribution in [-0.4, -0.2) is 42.1 Å². The van der Waals surface area contributed by atoms with Gasteiger partial charge in [-0.15, -0.1) is 0 Å². The molecule has 1 atom stereocenters. The van der Waals surface area contributed by atoms with Crippen LogP contribution in [0.4, 0.5) is 17.6 Å². The van der Waals surface area contributed by atoms with Crippen molar-refractivity contribution in [2.24, 2.45) is 0 Å². The summed E-state index contributed by atoms with van der Waals surface area (Å²) in [4.78, 5) is 9.07. The predicted octanol–water partition coefficient (Wildman–Crippen LogP) is 2.84. The predicted molar refractivity (Wildman–Crippen MR) is 105 cm³/mol. The second kappa shape index (κ2) is 6.93. The average molecular weight is 376 g/mol. The van der Waals surface area contributed by atoms with Gasteiger partial charge in [-0.1, -0.05) is 30.3 Å².